The first-order valence-corrected chi connectivity index (χ1v) is 9.48. The molecule has 4 rings (SSSR count). The lowest BCUT2D eigenvalue weighted by Gasteiger charge is -2.17. The Bertz CT molecular complexity index is 1080. The summed E-state index contributed by atoms with van der Waals surface area (Å²) in [6.45, 7) is 0.414. The summed E-state index contributed by atoms with van der Waals surface area (Å²) in [5.74, 6) is -0.314. The van der Waals surface area contributed by atoms with Gasteiger partial charge in [-0.3, -0.25) is 9.59 Å². The summed E-state index contributed by atoms with van der Waals surface area (Å²) in [4.78, 5) is 26.5. The first-order valence-electron chi connectivity index (χ1n) is 9.48. The maximum Gasteiger partial charge on any atom is 0.227 e. The second-order valence-electron chi connectivity index (χ2n) is 6.99. The van der Waals surface area contributed by atoms with E-state index in [2.05, 4.69) is 10.5 Å². The molecule has 1 aliphatic heterocycles. The maximum atomic E-state index is 13.9. The van der Waals surface area contributed by atoms with E-state index in [-0.39, 0.29) is 37.1 Å². The van der Waals surface area contributed by atoms with Gasteiger partial charge in [-0.1, -0.05) is 23.4 Å². The third-order valence-corrected chi connectivity index (χ3v) is 5.00. The van der Waals surface area contributed by atoms with Crippen molar-refractivity contribution in [2.45, 2.75) is 13.0 Å². The number of aromatic nitrogens is 1. The molecule has 0 unspecified atom stereocenters. The number of carbonyl (C=O) groups excluding carboxylic acids is 2. The van der Waals surface area contributed by atoms with Crippen molar-refractivity contribution in [1.29, 1.82) is 0 Å². The number of hydrogen-bond donors (Lipinski definition) is 1. The van der Waals surface area contributed by atoms with Crippen LogP contribution in [0.1, 0.15) is 12.1 Å². The summed E-state index contributed by atoms with van der Waals surface area (Å²) in [6.07, 6.45) is 0.127. The predicted octanol–water partition coefficient (Wildman–Crippen LogP) is 3.16. The predicted molar refractivity (Wildman–Crippen MR) is 107 cm³/mol. The van der Waals surface area contributed by atoms with Crippen molar-refractivity contribution in [2.75, 3.05) is 18.6 Å². The van der Waals surface area contributed by atoms with E-state index in [1.807, 2.05) is 0 Å². The number of amides is 2. The fourth-order valence-electron chi connectivity index (χ4n) is 3.42. The fourth-order valence-corrected chi connectivity index (χ4v) is 3.42. The Labute approximate surface area is 172 Å². The summed E-state index contributed by atoms with van der Waals surface area (Å²) in [5, 5.41) is 6.66. The van der Waals surface area contributed by atoms with Crippen molar-refractivity contribution < 1.29 is 23.2 Å². The van der Waals surface area contributed by atoms with E-state index in [9.17, 15) is 14.0 Å². The van der Waals surface area contributed by atoms with Gasteiger partial charge >= 0.3 is 0 Å². The zero-order chi connectivity index (χ0) is 21.1. The van der Waals surface area contributed by atoms with Gasteiger partial charge in [0, 0.05) is 30.8 Å². The van der Waals surface area contributed by atoms with Crippen molar-refractivity contribution in [1.82, 2.24) is 10.5 Å². The SMILES string of the molecule is COc1cccc(N2C[C@@H](C(=O)NCc3cc(-c4ccccc4F)on3)CC2=O)c1. The lowest BCUT2D eigenvalue weighted by atomic mass is 10.1. The van der Waals surface area contributed by atoms with Crippen LogP contribution in [-0.2, 0) is 16.1 Å². The first kappa shape index (κ1) is 19.6. The Morgan fingerprint density at radius 3 is 2.90 bits per heavy atom. The number of benzene rings is 2. The number of nitrogens with one attached hydrogen (secondary N) is 1. The minimum absolute atomic E-state index is 0.119. The Morgan fingerprint density at radius 1 is 1.27 bits per heavy atom. The summed E-state index contributed by atoms with van der Waals surface area (Å²) in [7, 11) is 1.56. The van der Waals surface area contributed by atoms with Crippen LogP contribution >= 0.6 is 0 Å². The summed E-state index contributed by atoms with van der Waals surface area (Å²) in [6, 6.07) is 15.0. The Balaban J connectivity index is 1.37. The lowest BCUT2D eigenvalue weighted by Crippen LogP contribution is -2.32. The first-order chi connectivity index (χ1) is 14.5. The van der Waals surface area contributed by atoms with Crippen molar-refractivity contribution in [3.63, 3.8) is 0 Å². The molecule has 1 aromatic heterocycles. The molecule has 8 heteroatoms. The molecule has 2 heterocycles. The van der Waals surface area contributed by atoms with E-state index in [1.165, 1.54) is 6.07 Å². The van der Waals surface area contributed by atoms with Gasteiger partial charge in [-0.05, 0) is 24.3 Å². The number of methoxy groups -OCH3 is 1. The van der Waals surface area contributed by atoms with Gasteiger partial charge in [0.05, 0.1) is 25.1 Å². The molecule has 0 bridgehead atoms. The third-order valence-electron chi connectivity index (χ3n) is 5.00. The van der Waals surface area contributed by atoms with Gasteiger partial charge in [-0.25, -0.2) is 4.39 Å². The van der Waals surface area contributed by atoms with Crippen LogP contribution in [0.3, 0.4) is 0 Å². The second kappa shape index (κ2) is 8.36. The van der Waals surface area contributed by atoms with Crippen LogP contribution in [0, 0.1) is 11.7 Å². The molecule has 0 radical (unpaired) electrons. The van der Waals surface area contributed by atoms with Gasteiger partial charge in [-0.2, -0.15) is 0 Å². The molecule has 0 saturated carbocycles. The number of anilines is 1. The minimum atomic E-state index is -0.471. The van der Waals surface area contributed by atoms with Crippen LogP contribution in [0.5, 0.6) is 5.75 Å². The highest BCUT2D eigenvalue weighted by molar-refractivity contribution is 6.00. The number of rotatable bonds is 6. The average Bonchev–Trinajstić information content (AvgIpc) is 3.39. The van der Waals surface area contributed by atoms with Gasteiger partial charge < -0.3 is 19.5 Å². The zero-order valence-electron chi connectivity index (χ0n) is 16.3. The maximum absolute atomic E-state index is 13.9. The summed E-state index contributed by atoms with van der Waals surface area (Å²) in [5.41, 5.74) is 1.47. The molecule has 154 valence electrons. The molecular weight excluding hydrogens is 389 g/mol. The number of hydrogen-bond acceptors (Lipinski definition) is 5. The van der Waals surface area contributed by atoms with Gasteiger partial charge in [0.2, 0.25) is 11.8 Å². The molecule has 2 aromatic carbocycles. The monoisotopic (exact) mass is 409 g/mol. The van der Waals surface area contributed by atoms with E-state index in [1.54, 1.807) is 60.5 Å². The van der Waals surface area contributed by atoms with E-state index in [0.29, 0.717) is 22.7 Å². The fraction of sp³-hybridized carbons (Fsp3) is 0.227. The Kier molecular flexibility index (Phi) is 5.47. The van der Waals surface area contributed by atoms with Crippen molar-refractivity contribution in [2.24, 2.45) is 5.92 Å². The zero-order valence-corrected chi connectivity index (χ0v) is 16.3. The molecular formula is C22H20FN3O4. The van der Waals surface area contributed by atoms with Crippen LogP contribution in [0.15, 0.2) is 59.1 Å². The highest BCUT2D eigenvalue weighted by atomic mass is 19.1. The second-order valence-corrected chi connectivity index (χ2v) is 6.99. The van der Waals surface area contributed by atoms with E-state index < -0.39 is 11.7 Å². The largest absolute Gasteiger partial charge is 0.497 e. The lowest BCUT2D eigenvalue weighted by molar-refractivity contribution is -0.126. The van der Waals surface area contributed by atoms with Gasteiger partial charge in [0.15, 0.2) is 5.76 Å². The molecule has 0 spiro atoms. The molecule has 1 N–H and O–H groups in total. The molecule has 30 heavy (non-hydrogen) atoms. The van der Waals surface area contributed by atoms with Crippen LogP contribution in [0.25, 0.3) is 11.3 Å². The van der Waals surface area contributed by atoms with E-state index >= 15 is 0 Å². The van der Waals surface area contributed by atoms with Gasteiger partial charge in [-0.15, -0.1) is 0 Å². The summed E-state index contributed by atoms with van der Waals surface area (Å²) < 4.78 is 24.2. The number of carbonyl (C=O) groups is 2. The van der Waals surface area contributed by atoms with E-state index in [0.717, 1.165) is 0 Å². The highest BCUT2D eigenvalue weighted by Gasteiger charge is 2.35. The van der Waals surface area contributed by atoms with Crippen LogP contribution < -0.4 is 15.0 Å². The standard InChI is InChI=1S/C22H20FN3O4/c1-29-17-6-4-5-16(11-17)26-13-14(9-21(26)27)22(28)24-12-15-10-20(30-25-15)18-7-2-3-8-19(18)23/h2-8,10-11,14H,9,12-13H2,1H3,(H,24,28)/t14-/m0/s1. The van der Waals surface area contributed by atoms with Crippen molar-refractivity contribution in [3.05, 3.63) is 66.1 Å². The van der Waals surface area contributed by atoms with Crippen LogP contribution in [-0.4, -0.2) is 30.6 Å². The molecule has 0 aliphatic carbocycles. The number of halogens is 1. The van der Waals surface area contributed by atoms with Gasteiger partial charge in [0.1, 0.15) is 17.3 Å². The van der Waals surface area contributed by atoms with E-state index in [4.69, 9.17) is 9.26 Å². The molecule has 1 fully saturated rings. The molecule has 1 atom stereocenters. The molecule has 7 nitrogen and oxygen atoms in total. The number of nitrogens with zero attached hydrogens (tertiary/aromatic N) is 2. The Morgan fingerprint density at radius 2 is 2.10 bits per heavy atom. The average molecular weight is 409 g/mol. The molecule has 2 amide bonds. The Hall–Kier alpha value is -3.68. The normalized spacial score (nSPS) is 16.0. The summed E-state index contributed by atoms with van der Waals surface area (Å²) >= 11 is 0. The third kappa shape index (κ3) is 4.03. The smallest absolute Gasteiger partial charge is 0.227 e. The highest BCUT2D eigenvalue weighted by Crippen LogP contribution is 2.28. The van der Waals surface area contributed by atoms with Crippen molar-refractivity contribution >= 4 is 17.5 Å². The van der Waals surface area contributed by atoms with Crippen molar-refractivity contribution in [3.8, 4) is 17.1 Å². The molecule has 1 saturated heterocycles. The van der Waals surface area contributed by atoms with Crippen LogP contribution in [0.2, 0.25) is 0 Å². The van der Waals surface area contributed by atoms with Gasteiger partial charge in [0.25, 0.3) is 0 Å². The minimum Gasteiger partial charge on any atom is -0.497 e. The number of ether oxygens (including phenoxy) is 1. The topological polar surface area (TPSA) is 84.7 Å². The quantitative estimate of drug-likeness (QED) is 0.676. The van der Waals surface area contributed by atoms with Crippen LogP contribution in [0.4, 0.5) is 10.1 Å². The molecule has 1 aliphatic rings. The molecule has 3 aromatic rings.